The number of anilines is 2. The molecular formula is C64H68FN9O9. The largest absolute Gasteiger partial charge is 0.484 e. The van der Waals surface area contributed by atoms with Gasteiger partial charge in [0.1, 0.15) is 11.5 Å². The fourth-order valence-electron chi connectivity index (χ4n) is 10.7. The first kappa shape index (κ1) is 57.2. The highest BCUT2D eigenvalue weighted by atomic mass is 19.1. The van der Waals surface area contributed by atoms with E-state index in [1.807, 2.05) is 114 Å². The third kappa shape index (κ3) is 14.5. The topological polar surface area (TPSA) is 215 Å². The standard InChI is InChI=1S/C31H31N5O4.C26H21N3O5.C6H13N.CH3F/c1-34-14-16-35(17-15-34)29(38)20-40-24-11-10-22-12-13-36(27(22)19-24)28(37)18-21-6-8-23(9-7-21)30-25-4-2-3-5-26(25)31(39)33-32-30;30-23(29-12-11-17-9-10-19(14-22(17)29)34-15-24(31)32)13-16-5-7-18(8-6-16)25-20-3-1-2-4-21(20)26(33)28-27-25;1-7-5-3-2-4-6-7;1-2/h2-11,19H,12-18,20H2,1H3,(H,33,39);1-10,14H,11-13,15H2,(H,28,33)(H,31,32);2-6H2,1H3;1H3/i;;;1D. The van der Waals surface area contributed by atoms with Crippen molar-refractivity contribution in [2.24, 2.45) is 0 Å². The molecule has 0 bridgehead atoms. The van der Waals surface area contributed by atoms with Crippen molar-refractivity contribution in [2.75, 3.05) is 96.6 Å². The molecule has 6 aromatic carbocycles. The van der Waals surface area contributed by atoms with E-state index in [9.17, 15) is 33.2 Å². The number of alkyl halides is 1. The normalized spacial score (nSPS) is 14.9. The van der Waals surface area contributed by atoms with Crippen molar-refractivity contribution in [1.29, 1.82) is 0 Å². The summed E-state index contributed by atoms with van der Waals surface area (Å²) in [6.07, 6.45) is 6.28. The zero-order valence-corrected chi connectivity index (χ0v) is 46.7. The molecule has 430 valence electrons. The molecule has 2 saturated heterocycles. The van der Waals surface area contributed by atoms with Crippen LogP contribution in [0, 0.1) is 0 Å². The Bertz CT molecular complexity index is 3730. The summed E-state index contributed by atoms with van der Waals surface area (Å²) in [5.74, 6) is -0.104. The van der Waals surface area contributed by atoms with Crippen LogP contribution >= 0.6 is 0 Å². The molecule has 0 radical (unpaired) electrons. The van der Waals surface area contributed by atoms with E-state index in [1.165, 1.54) is 32.4 Å². The van der Waals surface area contributed by atoms with Crippen LogP contribution in [0.4, 0.5) is 15.8 Å². The second-order valence-electron chi connectivity index (χ2n) is 20.8. The number of piperidine rings is 1. The van der Waals surface area contributed by atoms with Crippen molar-refractivity contribution in [3.05, 3.63) is 176 Å². The monoisotopic (exact) mass is 1130 g/mol. The van der Waals surface area contributed by atoms with Gasteiger partial charge in [-0.2, -0.15) is 10.2 Å². The molecule has 2 fully saturated rings. The first-order valence-corrected chi connectivity index (χ1v) is 27.7. The van der Waals surface area contributed by atoms with Crippen molar-refractivity contribution < 1.29 is 39.5 Å². The number of aliphatic carboxylic acids is 1. The zero-order valence-electron chi connectivity index (χ0n) is 47.7. The highest BCUT2D eigenvalue weighted by Crippen LogP contribution is 2.35. The Morgan fingerprint density at radius 3 is 1.39 bits per heavy atom. The van der Waals surface area contributed by atoms with Crippen LogP contribution in [0.5, 0.6) is 11.5 Å². The molecule has 12 rings (SSSR count). The molecule has 0 aliphatic carbocycles. The van der Waals surface area contributed by atoms with E-state index in [0.29, 0.717) is 59.8 Å². The Hall–Kier alpha value is -9.07. The quantitative estimate of drug-likeness (QED) is 0.107. The minimum Gasteiger partial charge on any atom is -0.484 e. The van der Waals surface area contributed by atoms with Gasteiger partial charge < -0.3 is 39.1 Å². The number of aromatic nitrogens is 4. The van der Waals surface area contributed by atoms with Crippen LogP contribution in [-0.4, -0.2) is 151 Å². The first-order chi connectivity index (χ1) is 40.8. The number of piperazine rings is 1. The number of carbonyl (C=O) groups excluding carboxylic acids is 3. The number of ether oxygens (including phenoxy) is 2. The molecule has 4 aliphatic heterocycles. The lowest BCUT2D eigenvalue weighted by molar-refractivity contribution is -0.139. The summed E-state index contributed by atoms with van der Waals surface area (Å²) in [5, 5.41) is 25.2. The number of carboxylic acid groups (broad SMARTS) is 1. The second-order valence-corrected chi connectivity index (χ2v) is 20.8. The molecule has 19 heteroatoms. The van der Waals surface area contributed by atoms with E-state index in [4.69, 9.17) is 16.0 Å². The third-order valence-corrected chi connectivity index (χ3v) is 15.2. The maximum atomic E-state index is 13.3. The molecule has 8 aromatic rings. The Morgan fingerprint density at radius 2 is 0.964 bits per heavy atom. The number of amides is 3. The zero-order chi connectivity index (χ0) is 59.1. The van der Waals surface area contributed by atoms with Crippen LogP contribution in [0.1, 0.15) is 42.9 Å². The number of benzene rings is 6. The van der Waals surface area contributed by atoms with Crippen molar-refractivity contribution in [3.63, 3.8) is 0 Å². The van der Waals surface area contributed by atoms with Crippen molar-refractivity contribution in [2.45, 2.75) is 44.9 Å². The molecule has 0 saturated carbocycles. The molecule has 18 nitrogen and oxygen atoms in total. The third-order valence-electron chi connectivity index (χ3n) is 15.2. The van der Waals surface area contributed by atoms with Crippen molar-refractivity contribution in [1.82, 2.24) is 35.1 Å². The fraction of sp³-hybridized carbons (Fsp3) is 0.312. The molecule has 0 atom stereocenters. The summed E-state index contributed by atoms with van der Waals surface area (Å²) in [6.45, 7) is 6.54. The SMILES string of the molecule is CN1CCCCC1.CN1CCN(C(=O)COc2ccc3c(c2)N(C(=O)Cc2ccc(-c4n[nH]c(=O)c5ccccc45)cc2)CC3)CC1.O=C(O)COc1ccc2c(c1)N(C(=O)Cc1ccc(-c3n[nH]c(=O)c4ccccc34)cc1)CC2.[2H]CF. The van der Waals surface area contributed by atoms with Crippen LogP contribution in [-0.2, 0) is 44.9 Å². The number of carbonyl (C=O) groups is 4. The second kappa shape index (κ2) is 27.6. The van der Waals surface area contributed by atoms with Gasteiger partial charge >= 0.3 is 5.97 Å². The predicted octanol–water partition coefficient (Wildman–Crippen LogP) is 7.75. The lowest BCUT2D eigenvalue weighted by Crippen LogP contribution is -2.48. The molecule has 3 N–H and O–H groups in total. The van der Waals surface area contributed by atoms with Gasteiger partial charge in [-0.05, 0) is 99.4 Å². The highest BCUT2D eigenvalue weighted by Gasteiger charge is 2.28. The molecule has 6 heterocycles. The van der Waals surface area contributed by atoms with Gasteiger partial charge in [-0.25, -0.2) is 15.0 Å². The van der Waals surface area contributed by atoms with Crippen molar-refractivity contribution >= 4 is 56.6 Å². The highest BCUT2D eigenvalue weighted by molar-refractivity contribution is 5.99. The molecule has 0 unspecified atom stereocenters. The van der Waals surface area contributed by atoms with Gasteiger partial charge in [0.2, 0.25) is 11.8 Å². The van der Waals surface area contributed by atoms with E-state index >= 15 is 0 Å². The Labute approximate surface area is 481 Å². The average molecular weight is 1130 g/mol. The molecule has 2 aromatic heterocycles. The van der Waals surface area contributed by atoms with E-state index in [0.717, 1.165) is 81.5 Å². The Balaban J connectivity index is 0.000000175. The van der Waals surface area contributed by atoms with Crippen LogP contribution < -0.4 is 30.4 Å². The van der Waals surface area contributed by atoms with Crippen LogP contribution in [0.2, 0.25) is 0 Å². The van der Waals surface area contributed by atoms with E-state index in [1.54, 1.807) is 34.1 Å². The minimum absolute atomic E-state index is 0.00442. The Morgan fingerprint density at radius 1 is 0.542 bits per heavy atom. The molecular weight excluding hydrogens is 1060 g/mol. The molecule has 83 heavy (non-hydrogen) atoms. The maximum Gasteiger partial charge on any atom is 0.341 e. The summed E-state index contributed by atoms with van der Waals surface area (Å²) >= 11 is 0. The fourth-order valence-corrected chi connectivity index (χ4v) is 10.7. The number of H-pyrrole nitrogens is 2. The number of fused-ring (bicyclic) bond motifs is 4. The minimum atomic E-state index is -1.05. The number of carboxylic acids is 1. The van der Waals surface area contributed by atoms with Gasteiger partial charge in [0.05, 0.1) is 54.9 Å². The van der Waals surface area contributed by atoms with Gasteiger partial charge in [-0.3, -0.25) is 28.4 Å². The Kier molecular flexibility index (Phi) is 19.0. The van der Waals surface area contributed by atoms with E-state index in [2.05, 4.69) is 44.3 Å². The van der Waals surface area contributed by atoms with Crippen LogP contribution in [0.3, 0.4) is 0 Å². The number of rotatable bonds is 12. The molecule has 4 aliphatic rings. The first-order valence-electron chi connectivity index (χ1n) is 28.4. The number of aromatic amines is 2. The van der Waals surface area contributed by atoms with E-state index in [-0.39, 0.29) is 48.3 Å². The average Bonchev–Trinajstić information content (AvgIpc) is 3.94. The number of hydrogen-bond acceptors (Lipinski definition) is 12. The van der Waals surface area contributed by atoms with Gasteiger partial charge in [0.15, 0.2) is 13.2 Å². The van der Waals surface area contributed by atoms with Gasteiger partial charge in [0, 0.05) is 73.3 Å². The van der Waals surface area contributed by atoms with Gasteiger partial charge in [-0.1, -0.05) is 103 Å². The number of likely N-dealkylation sites (N-methyl/N-ethyl adjacent to an activating group) is 1. The number of nitrogens with one attached hydrogen (secondary N) is 2. The van der Waals surface area contributed by atoms with Crippen molar-refractivity contribution in [3.8, 4) is 34.0 Å². The van der Waals surface area contributed by atoms with Crippen LogP contribution in [0.15, 0.2) is 143 Å². The lowest BCUT2D eigenvalue weighted by atomic mass is 10.0. The van der Waals surface area contributed by atoms with Crippen LogP contribution in [0.25, 0.3) is 44.1 Å². The summed E-state index contributed by atoms with van der Waals surface area (Å²) in [5.41, 5.74) is 8.10. The molecule has 3 amide bonds. The summed E-state index contributed by atoms with van der Waals surface area (Å²) in [7, 11) is 3.25. The number of likely N-dealkylation sites (tertiary alicyclic amines) is 1. The number of hydrogen-bond donors (Lipinski definition) is 3. The summed E-state index contributed by atoms with van der Waals surface area (Å²) in [4.78, 5) is 83.9. The van der Waals surface area contributed by atoms with Gasteiger partial charge in [-0.15, -0.1) is 0 Å². The summed E-state index contributed by atoms with van der Waals surface area (Å²) in [6, 6.07) is 41.0. The number of nitrogens with zero attached hydrogens (tertiary/aromatic N) is 7. The molecule has 0 spiro atoms. The number of halogens is 1. The predicted molar refractivity (Wildman–Crippen MR) is 319 cm³/mol. The summed E-state index contributed by atoms with van der Waals surface area (Å²) < 4.78 is 26.6. The smallest absolute Gasteiger partial charge is 0.341 e. The van der Waals surface area contributed by atoms with E-state index < -0.39 is 19.7 Å². The maximum absolute atomic E-state index is 13.3. The van der Waals surface area contributed by atoms with Gasteiger partial charge in [0.25, 0.3) is 17.0 Å². The lowest BCUT2D eigenvalue weighted by Gasteiger charge is -2.32.